The fraction of sp³-hybridized carbons (Fsp3) is 0.588. The number of amides is 1. The van der Waals surface area contributed by atoms with E-state index in [4.69, 9.17) is 0 Å². The second-order valence-corrected chi connectivity index (χ2v) is 6.30. The molecule has 2 atom stereocenters. The smallest absolute Gasteiger partial charge is 0.236 e. The fourth-order valence-electron chi connectivity index (χ4n) is 3.02. The van der Waals surface area contributed by atoms with Gasteiger partial charge in [0.2, 0.25) is 5.91 Å². The van der Waals surface area contributed by atoms with E-state index in [0.29, 0.717) is 5.56 Å². The van der Waals surface area contributed by atoms with E-state index in [1.807, 2.05) is 11.9 Å². The molecule has 2 unspecified atom stereocenters. The molecule has 0 heterocycles. The number of halogens is 1. The van der Waals surface area contributed by atoms with Gasteiger partial charge in [0.15, 0.2) is 0 Å². The predicted molar refractivity (Wildman–Crippen MR) is 83.7 cm³/mol. The van der Waals surface area contributed by atoms with Crippen molar-refractivity contribution in [2.24, 2.45) is 5.92 Å². The first-order valence-electron chi connectivity index (χ1n) is 7.81. The van der Waals surface area contributed by atoms with Crippen LogP contribution in [0.5, 0.6) is 0 Å². The minimum atomic E-state index is -0.287. The topological polar surface area (TPSA) is 43.8 Å². The van der Waals surface area contributed by atoms with Gasteiger partial charge < -0.3 is 10.0 Å². The van der Waals surface area contributed by atoms with Gasteiger partial charge >= 0.3 is 0 Å². The standard InChI is InChI=1S/C17H25FN2O2/c1-19(10-14-7-5-9-16(14)21)12-17(22)20(2)11-13-6-3-4-8-15(13)18/h3-4,6,8,14,16,21H,5,7,9-12H2,1-2H3. The number of likely N-dealkylation sites (N-methyl/N-ethyl adjacent to an activating group) is 2. The molecular formula is C17H25FN2O2. The van der Waals surface area contributed by atoms with Crippen molar-refractivity contribution >= 4 is 5.91 Å². The lowest BCUT2D eigenvalue weighted by Crippen LogP contribution is -2.39. The van der Waals surface area contributed by atoms with E-state index in [-0.39, 0.29) is 36.8 Å². The van der Waals surface area contributed by atoms with E-state index in [2.05, 4.69) is 0 Å². The average Bonchev–Trinajstić information content (AvgIpc) is 2.86. The van der Waals surface area contributed by atoms with Crippen LogP contribution in [0.2, 0.25) is 0 Å². The third-order valence-electron chi connectivity index (χ3n) is 4.36. The lowest BCUT2D eigenvalue weighted by Gasteiger charge is -2.25. The molecule has 5 heteroatoms. The van der Waals surface area contributed by atoms with E-state index < -0.39 is 0 Å². The number of aliphatic hydroxyl groups excluding tert-OH is 1. The molecule has 0 aromatic heterocycles. The summed E-state index contributed by atoms with van der Waals surface area (Å²) in [7, 11) is 3.58. The largest absolute Gasteiger partial charge is 0.393 e. The van der Waals surface area contributed by atoms with Crippen LogP contribution in [0.25, 0.3) is 0 Å². The van der Waals surface area contributed by atoms with Gasteiger partial charge in [0.05, 0.1) is 12.6 Å². The van der Waals surface area contributed by atoms with Crippen LogP contribution in [0.1, 0.15) is 24.8 Å². The zero-order valence-electron chi connectivity index (χ0n) is 13.3. The number of hydrogen-bond acceptors (Lipinski definition) is 3. The average molecular weight is 308 g/mol. The molecule has 2 rings (SSSR count). The molecule has 1 saturated carbocycles. The van der Waals surface area contributed by atoms with Gasteiger partial charge in [-0.3, -0.25) is 9.69 Å². The molecule has 1 fully saturated rings. The van der Waals surface area contributed by atoms with Gasteiger partial charge in [0.1, 0.15) is 5.82 Å². The van der Waals surface area contributed by atoms with Crippen LogP contribution in [-0.2, 0) is 11.3 Å². The minimum absolute atomic E-state index is 0.0433. The summed E-state index contributed by atoms with van der Waals surface area (Å²) in [4.78, 5) is 15.7. The second kappa shape index (κ2) is 7.70. The van der Waals surface area contributed by atoms with Crippen molar-refractivity contribution in [1.82, 2.24) is 9.80 Å². The molecule has 122 valence electrons. The third kappa shape index (κ3) is 4.52. The molecule has 1 aliphatic carbocycles. The number of carbonyl (C=O) groups excluding carboxylic acids is 1. The molecule has 0 radical (unpaired) electrons. The molecule has 0 aliphatic heterocycles. The van der Waals surface area contributed by atoms with Gasteiger partial charge in [-0.1, -0.05) is 24.6 Å². The Hall–Kier alpha value is -1.46. The third-order valence-corrected chi connectivity index (χ3v) is 4.36. The SMILES string of the molecule is CN(CC(=O)N(C)Cc1ccccc1F)CC1CCCC1O. The molecule has 1 amide bonds. The van der Waals surface area contributed by atoms with Gasteiger partial charge in [0.25, 0.3) is 0 Å². The van der Waals surface area contributed by atoms with Crippen molar-refractivity contribution in [1.29, 1.82) is 0 Å². The number of benzene rings is 1. The second-order valence-electron chi connectivity index (χ2n) is 6.30. The van der Waals surface area contributed by atoms with Crippen LogP contribution >= 0.6 is 0 Å². The van der Waals surface area contributed by atoms with Crippen LogP contribution < -0.4 is 0 Å². The van der Waals surface area contributed by atoms with Crippen molar-refractivity contribution in [2.75, 3.05) is 27.2 Å². The molecule has 4 nitrogen and oxygen atoms in total. The Morgan fingerprint density at radius 2 is 2.05 bits per heavy atom. The lowest BCUT2D eigenvalue weighted by molar-refractivity contribution is -0.131. The maximum absolute atomic E-state index is 13.6. The maximum atomic E-state index is 13.6. The highest BCUT2D eigenvalue weighted by atomic mass is 19.1. The summed E-state index contributed by atoms with van der Waals surface area (Å²) in [5.41, 5.74) is 0.521. The summed E-state index contributed by atoms with van der Waals surface area (Å²) in [5.74, 6) is -0.0718. The Kier molecular flexibility index (Phi) is 5.91. The summed E-state index contributed by atoms with van der Waals surface area (Å²) in [5, 5.41) is 9.84. The van der Waals surface area contributed by atoms with Gasteiger partial charge in [-0.25, -0.2) is 4.39 Å². The monoisotopic (exact) mass is 308 g/mol. The van der Waals surface area contributed by atoms with Crippen molar-refractivity contribution in [3.8, 4) is 0 Å². The first kappa shape index (κ1) is 16.9. The molecule has 0 spiro atoms. The van der Waals surface area contributed by atoms with Crippen LogP contribution in [0.3, 0.4) is 0 Å². The molecule has 22 heavy (non-hydrogen) atoms. The molecule has 1 N–H and O–H groups in total. The number of aliphatic hydroxyl groups is 1. The summed E-state index contributed by atoms with van der Waals surface area (Å²) in [6.45, 7) is 1.28. The molecule has 1 aliphatic rings. The van der Waals surface area contributed by atoms with E-state index >= 15 is 0 Å². The van der Waals surface area contributed by atoms with E-state index in [1.54, 1.807) is 30.1 Å². The van der Waals surface area contributed by atoms with Crippen molar-refractivity contribution < 1.29 is 14.3 Å². The summed E-state index contributed by atoms with van der Waals surface area (Å²) in [6.07, 6.45) is 2.69. The van der Waals surface area contributed by atoms with Gasteiger partial charge in [0, 0.05) is 25.7 Å². The summed E-state index contributed by atoms with van der Waals surface area (Å²) in [6, 6.07) is 6.50. The van der Waals surface area contributed by atoms with Crippen LogP contribution in [0.4, 0.5) is 4.39 Å². The van der Waals surface area contributed by atoms with Crippen molar-refractivity contribution in [3.05, 3.63) is 35.6 Å². The number of carbonyl (C=O) groups is 1. The quantitative estimate of drug-likeness (QED) is 0.872. The Balaban J connectivity index is 1.82. The molecule has 0 saturated heterocycles. The Labute approximate surface area is 131 Å². The minimum Gasteiger partial charge on any atom is -0.393 e. The fourth-order valence-corrected chi connectivity index (χ4v) is 3.02. The molecule has 1 aromatic rings. The normalized spacial score (nSPS) is 21.3. The van der Waals surface area contributed by atoms with E-state index in [9.17, 15) is 14.3 Å². The lowest BCUT2D eigenvalue weighted by atomic mass is 10.1. The number of rotatable bonds is 6. The Bertz CT molecular complexity index is 509. The highest BCUT2D eigenvalue weighted by Gasteiger charge is 2.26. The van der Waals surface area contributed by atoms with Crippen LogP contribution in [0, 0.1) is 11.7 Å². The Morgan fingerprint density at radius 1 is 1.32 bits per heavy atom. The zero-order chi connectivity index (χ0) is 16.1. The van der Waals surface area contributed by atoms with Crippen LogP contribution in [-0.4, -0.2) is 54.1 Å². The molecular weight excluding hydrogens is 283 g/mol. The summed E-state index contributed by atoms with van der Waals surface area (Å²) < 4.78 is 13.6. The van der Waals surface area contributed by atoms with Gasteiger partial charge in [-0.2, -0.15) is 0 Å². The summed E-state index contributed by atoms with van der Waals surface area (Å²) >= 11 is 0. The van der Waals surface area contributed by atoms with Crippen LogP contribution in [0.15, 0.2) is 24.3 Å². The predicted octanol–water partition coefficient (Wildman–Crippen LogP) is 1.88. The highest BCUT2D eigenvalue weighted by Crippen LogP contribution is 2.25. The molecule has 1 aromatic carbocycles. The number of hydrogen-bond donors (Lipinski definition) is 1. The van der Waals surface area contributed by atoms with E-state index in [0.717, 1.165) is 25.8 Å². The highest BCUT2D eigenvalue weighted by molar-refractivity contribution is 5.77. The molecule has 0 bridgehead atoms. The van der Waals surface area contributed by atoms with Gasteiger partial charge in [-0.05, 0) is 31.9 Å². The van der Waals surface area contributed by atoms with Crippen molar-refractivity contribution in [3.63, 3.8) is 0 Å². The van der Waals surface area contributed by atoms with Crippen molar-refractivity contribution in [2.45, 2.75) is 31.9 Å². The first-order valence-corrected chi connectivity index (χ1v) is 7.81. The number of nitrogens with zero attached hydrogens (tertiary/aromatic N) is 2. The Morgan fingerprint density at radius 3 is 2.68 bits per heavy atom. The maximum Gasteiger partial charge on any atom is 0.236 e. The van der Waals surface area contributed by atoms with Gasteiger partial charge in [-0.15, -0.1) is 0 Å². The first-order chi connectivity index (χ1) is 10.5. The zero-order valence-corrected chi connectivity index (χ0v) is 13.3. The van der Waals surface area contributed by atoms with E-state index in [1.165, 1.54) is 6.07 Å².